The molecule has 0 spiro atoms. The predicted molar refractivity (Wildman–Crippen MR) is 121 cm³/mol. The van der Waals surface area contributed by atoms with Crippen LogP contribution in [0, 0.1) is 17.8 Å². The molecule has 4 rings (SSSR count). The Morgan fingerprint density at radius 3 is 2.27 bits per heavy atom. The Labute approximate surface area is 184 Å². The van der Waals surface area contributed by atoms with E-state index in [2.05, 4.69) is 10.6 Å². The third kappa shape index (κ3) is 5.02. The standard InChI is InChI=1S/C24H29N3O2.ClH/c25-22-17-9-6-10-18(22)14-19(13-17)23(28)27-21-12-5-4-11-20(21)24(29)26-15-16-7-2-1-3-8-16;/h1-5,7-8,11-12,17-19,22H,6,9-10,13-15,25H2,(H,26,29)(H,27,28);1H. The number of carbonyl (C=O) groups excluding carboxylic acids is 2. The number of hydrogen-bond acceptors (Lipinski definition) is 3. The zero-order chi connectivity index (χ0) is 20.2. The van der Waals surface area contributed by atoms with E-state index in [1.165, 1.54) is 6.42 Å². The van der Waals surface area contributed by atoms with Crippen molar-refractivity contribution >= 4 is 29.9 Å². The second-order valence-electron chi connectivity index (χ2n) is 8.40. The number of fused-ring (bicyclic) bond motifs is 2. The molecule has 2 saturated carbocycles. The van der Waals surface area contributed by atoms with Crippen molar-refractivity contribution in [1.29, 1.82) is 0 Å². The summed E-state index contributed by atoms with van der Waals surface area (Å²) in [4.78, 5) is 25.7. The molecule has 160 valence electrons. The number of carbonyl (C=O) groups is 2. The first-order chi connectivity index (χ1) is 14.1. The maximum atomic E-state index is 13.0. The van der Waals surface area contributed by atoms with Gasteiger partial charge in [-0.05, 0) is 55.2 Å². The van der Waals surface area contributed by atoms with Crippen LogP contribution in [0.15, 0.2) is 54.6 Å². The summed E-state index contributed by atoms with van der Waals surface area (Å²) in [6, 6.07) is 17.2. The van der Waals surface area contributed by atoms with Crippen LogP contribution >= 0.6 is 12.4 Å². The van der Waals surface area contributed by atoms with Crippen molar-refractivity contribution in [3.05, 3.63) is 65.7 Å². The molecule has 2 unspecified atom stereocenters. The van der Waals surface area contributed by atoms with Gasteiger partial charge in [0.05, 0.1) is 11.3 Å². The van der Waals surface area contributed by atoms with E-state index in [0.717, 1.165) is 31.2 Å². The van der Waals surface area contributed by atoms with E-state index in [4.69, 9.17) is 5.73 Å². The third-order valence-corrected chi connectivity index (χ3v) is 6.51. The van der Waals surface area contributed by atoms with Gasteiger partial charge in [-0.1, -0.05) is 48.9 Å². The van der Waals surface area contributed by atoms with Gasteiger partial charge >= 0.3 is 0 Å². The first kappa shape index (κ1) is 22.3. The van der Waals surface area contributed by atoms with Gasteiger partial charge in [0.15, 0.2) is 0 Å². The van der Waals surface area contributed by atoms with E-state index in [1.54, 1.807) is 12.1 Å². The molecule has 2 aromatic carbocycles. The third-order valence-electron chi connectivity index (χ3n) is 6.51. The molecule has 2 fully saturated rings. The van der Waals surface area contributed by atoms with Gasteiger partial charge in [-0.15, -0.1) is 12.4 Å². The van der Waals surface area contributed by atoms with Crippen LogP contribution in [0.3, 0.4) is 0 Å². The van der Waals surface area contributed by atoms with E-state index in [1.807, 2.05) is 42.5 Å². The first-order valence-corrected chi connectivity index (χ1v) is 10.6. The highest BCUT2D eigenvalue weighted by atomic mass is 35.5. The fourth-order valence-electron chi connectivity index (χ4n) is 4.90. The molecule has 2 aliphatic rings. The summed E-state index contributed by atoms with van der Waals surface area (Å²) in [5, 5.41) is 5.96. The first-order valence-electron chi connectivity index (χ1n) is 10.6. The molecule has 0 aromatic heterocycles. The van der Waals surface area contributed by atoms with Crippen molar-refractivity contribution in [3.8, 4) is 0 Å². The number of nitrogens with two attached hydrogens (primary N) is 1. The second-order valence-corrected chi connectivity index (χ2v) is 8.40. The molecule has 2 bridgehead atoms. The highest BCUT2D eigenvalue weighted by molar-refractivity contribution is 6.04. The van der Waals surface area contributed by atoms with Gasteiger partial charge in [0.1, 0.15) is 0 Å². The Bertz CT molecular complexity index is 860. The highest BCUT2D eigenvalue weighted by Crippen LogP contribution is 2.42. The molecule has 0 aliphatic heterocycles. The van der Waals surface area contributed by atoms with E-state index >= 15 is 0 Å². The number of para-hydroxylation sites is 1. The number of rotatable bonds is 5. The molecule has 2 amide bonds. The number of benzene rings is 2. The minimum absolute atomic E-state index is 0. The average Bonchev–Trinajstić information content (AvgIpc) is 2.73. The largest absolute Gasteiger partial charge is 0.348 e. The molecule has 2 aliphatic carbocycles. The molecule has 0 saturated heterocycles. The number of nitrogens with one attached hydrogen (secondary N) is 2. The summed E-state index contributed by atoms with van der Waals surface area (Å²) in [6.45, 7) is 0.450. The molecule has 30 heavy (non-hydrogen) atoms. The summed E-state index contributed by atoms with van der Waals surface area (Å²) in [6.07, 6.45) is 5.18. The predicted octanol–water partition coefficient (Wildman–Crippen LogP) is 4.13. The Morgan fingerprint density at radius 1 is 0.933 bits per heavy atom. The summed E-state index contributed by atoms with van der Waals surface area (Å²) >= 11 is 0. The van der Waals surface area contributed by atoms with E-state index < -0.39 is 0 Å². The fraction of sp³-hybridized carbons (Fsp3) is 0.417. The van der Waals surface area contributed by atoms with Crippen LogP contribution in [-0.4, -0.2) is 17.9 Å². The lowest BCUT2D eigenvalue weighted by Gasteiger charge is -2.43. The van der Waals surface area contributed by atoms with Crippen molar-refractivity contribution in [3.63, 3.8) is 0 Å². The fourth-order valence-corrected chi connectivity index (χ4v) is 4.90. The molecular weight excluding hydrogens is 398 g/mol. The van der Waals surface area contributed by atoms with E-state index in [0.29, 0.717) is 29.6 Å². The summed E-state index contributed by atoms with van der Waals surface area (Å²) in [5.41, 5.74) is 8.46. The Kier molecular flexibility index (Phi) is 7.51. The number of halogens is 1. The molecule has 5 nitrogen and oxygen atoms in total. The van der Waals surface area contributed by atoms with Crippen LogP contribution in [0.4, 0.5) is 5.69 Å². The van der Waals surface area contributed by atoms with Crippen LogP contribution in [0.5, 0.6) is 0 Å². The maximum absolute atomic E-state index is 13.0. The molecule has 2 aromatic rings. The van der Waals surface area contributed by atoms with Crippen molar-refractivity contribution in [2.24, 2.45) is 23.5 Å². The van der Waals surface area contributed by atoms with E-state index in [-0.39, 0.29) is 36.2 Å². The van der Waals surface area contributed by atoms with Gasteiger partial charge < -0.3 is 16.4 Å². The topological polar surface area (TPSA) is 84.2 Å². The van der Waals surface area contributed by atoms with Gasteiger partial charge in [0, 0.05) is 18.5 Å². The summed E-state index contributed by atoms with van der Waals surface area (Å²) in [5.74, 6) is 0.695. The second kappa shape index (κ2) is 10.1. The summed E-state index contributed by atoms with van der Waals surface area (Å²) in [7, 11) is 0. The van der Waals surface area contributed by atoms with E-state index in [9.17, 15) is 9.59 Å². The van der Waals surface area contributed by atoms with Gasteiger partial charge in [-0.3, -0.25) is 9.59 Å². The van der Waals surface area contributed by atoms with Crippen LogP contribution in [0.25, 0.3) is 0 Å². The average molecular weight is 428 g/mol. The van der Waals surface area contributed by atoms with Gasteiger partial charge in [-0.25, -0.2) is 0 Å². The molecule has 6 heteroatoms. The molecule has 0 heterocycles. The normalized spacial score (nSPS) is 25.0. The van der Waals surface area contributed by atoms with Crippen molar-refractivity contribution in [1.82, 2.24) is 5.32 Å². The highest BCUT2D eigenvalue weighted by Gasteiger charge is 2.40. The lowest BCUT2D eigenvalue weighted by molar-refractivity contribution is -0.122. The molecule has 2 atom stereocenters. The van der Waals surface area contributed by atoms with Gasteiger partial charge in [0.25, 0.3) is 5.91 Å². The van der Waals surface area contributed by atoms with Crippen molar-refractivity contribution in [2.45, 2.75) is 44.7 Å². The van der Waals surface area contributed by atoms with Crippen LogP contribution in [-0.2, 0) is 11.3 Å². The molecule has 0 radical (unpaired) electrons. The van der Waals surface area contributed by atoms with Crippen molar-refractivity contribution < 1.29 is 9.59 Å². The maximum Gasteiger partial charge on any atom is 0.253 e. The quantitative estimate of drug-likeness (QED) is 0.670. The Balaban J connectivity index is 0.00000256. The smallest absolute Gasteiger partial charge is 0.253 e. The van der Waals surface area contributed by atoms with Gasteiger partial charge in [-0.2, -0.15) is 0 Å². The number of anilines is 1. The molecule has 4 N–H and O–H groups in total. The Hall–Kier alpha value is -2.37. The van der Waals surface area contributed by atoms with Crippen LogP contribution in [0.2, 0.25) is 0 Å². The lowest BCUT2D eigenvalue weighted by atomic mass is 9.65. The minimum Gasteiger partial charge on any atom is -0.348 e. The number of hydrogen-bond donors (Lipinski definition) is 3. The number of amides is 2. The van der Waals surface area contributed by atoms with Crippen LogP contribution < -0.4 is 16.4 Å². The van der Waals surface area contributed by atoms with Crippen LogP contribution in [0.1, 0.15) is 48.0 Å². The summed E-state index contributed by atoms with van der Waals surface area (Å²) < 4.78 is 0. The zero-order valence-corrected chi connectivity index (χ0v) is 17.9. The Morgan fingerprint density at radius 2 is 1.57 bits per heavy atom. The van der Waals surface area contributed by atoms with Crippen molar-refractivity contribution in [2.75, 3.05) is 5.32 Å². The van der Waals surface area contributed by atoms with Gasteiger partial charge in [0.2, 0.25) is 5.91 Å². The zero-order valence-electron chi connectivity index (χ0n) is 17.1. The SMILES string of the molecule is Cl.NC1C2CCCC1CC(C(=O)Nc1ccccc1C(=O)NCc1ccccc1)C2. The lowest BCUT2D eigenvalue weighted by Crippen LogP contribution is -2.48. The monoisotopic (exact) mass is 427 g/mol. The molecular formula is C24H30ClN3O2. The minimum atomic E-state index is -0.188.